The topological polar surface area (TPSA) is 69.7 Å². The third-order valence-corrected chi connectivity index (χ3v) is 8.50. The summed E-state index contributed by atoms with van der Waals surface area (Å²) in [4.78, 5) is 46.1. The highest BCUT2D eigenvalue weighted by molar-refractivity contribution is 6.28. The average molecular weight is 502 g/mol. The van der Waals surface area contributed by atoms with Crippen molar-refractivity contribution in [1.29, 1.82) is 0 Å². The number of nitrogens with zero attached hydrogens (tertiary/aromatic N) is 2. The van der Waals surface area contributed by atoms with E-state index in [-0.39, 0.29) is 23.8 Å². The van der Waals surface area contributed by atoms with E-state index < -0.39 is 17.4 Å². The Balaban J connectivity index is 1.38. The SMILES string of the molecule is CC[C@@H]1N[C@]2(C(=O)N(Cc3ccccc3)c3ccccc32)[C@@H]2C(=O)N(c3cccc4ccccc34)C(=O)[C@H]12. The van der Waals surface area contributed by atoms with Crippen LogP contribution in [0.15, 0.2) is 97.1 Å². The predicted molar refractivity (Wildman–Crippen MR) is 146 cm³/mol. The molecule has 4 aromatic rings. The Kier molecular flexibility index (Phi) is 5.03. The highest BCUT2D eigenvalue weighted by Crippen LogP contribution is 2.56. The van der Waals surface area contributed by atoms with Gasteiger partial charge in [0.2, 0.25) is 11.8 Å². The first-order valence-corrected chi connectivity index (χ1v) is 13.1. The number of hydrogen-bond donors (Lipinski definition) is 1. The van der Waals surface area contributed by atoms with E-state index in [1.54, 1.807) is 4.90 Å². The average Bonchev–Trinajstić information content (AvgIpc) is 3.52. The third-order valence-electron chi connectivity index (χ3n) is 8.50. The molecule has 4 atom stereocenters. The van der Waals surface area contributed by atoms with Gasteiger partial charge in [-0.2, -0.15) is 0 Å². The van der Waals surface area contributed by atoms with Gasteiger partial charge < -0.3 is 4.90 Å². The van der Waals surface area contributed by atoms with Crippen LogP contribution in [0.1, 0.15) is 24.5 Å². The van der Waals surface area contributed by atoms with Gasteiger partial charge >= 0.3 is 0 Å². The van der Waals surface area contributed by atoms with Crippen LogP contribution < -0.4 is 15.1 Å². The van der Waals surface area contributed by atoms with Crippen LogP contribution in [0.5, 0.6) is 0 Å². The number of imide groups is 1. The molecule has 0 unspecified atom stereocenters. The van der Waals surface area contributed by atoms with Crippen molar-refractivity contribution in [3.05, 3.63) is 108 Å². The van der Waals surface area contributed by atoms with Crippen LogP contribution in [0.25, 0.3) is 10.8 Å². The van der Waals surface area contributed by atoms with Crippen molar-refractivity contribution in [2.75, 3.05) is 9.80 Å². The van der Waals surface area contributed by atoms with Crippen LogP contribution in [-0.4, -0.2) is 23.8 Å². The van der Waals surface area contributed by atoms with Gasteiger partial charge in [-0.25, -0.2) is 4.90 Å². The minimum Gasteiger partial charge on any atom is -0.306 e. The van der Waals surface area contributed by atoms with Crippen molar-refractivity contribution >= 4 is 39.9 Å². The molecule has 0 bridgehead atoms. The van der Waals surface area contributed by atoms with Gasteiger partial charge in [-0.15, -0.1) is 0 Å². The zero-order valence-corrected chi connectivity index (χ0v) is 21.0. The summed E-state index contributed by atoms with van der Waals surface area (Å²) in [6.07, 6.45) is 0.624. The Morgan fingerprint density at radius 1 is 0.763 bits per heavy atom. The van der Waals surface area contributed by atoms with Gasteiger partial charge in [0.25, 0.3) is 5.91 Å². The number of carbonyl (C=O) groups excluding carboxylic acids is 3. The molecule has 3 aliphatic heterocycles. The molecule has 38 heavy (non-hydrogen) atoms. The van der Waals surface area contributed by atoms with Crippen LogP contribution in [-0.2, 0) is 26.5 Å². The fourth-order valence-electron chi connectivity index (χ4n) is 6.86. The Labute approximate surface area is 220 Å². The monoisotopic (exact) mass is 501 g/mol. The lowest BCUT2D eigenvalue weighted by atomic mass is 9.76. The van der Waals surface area contributed by atoms with Gasteiger partial charge in [-0.05, 0) is 29.5 Å². The number of benzene rings is 4. The number of para-hydroxylation sites is 1. The minimum atomic E-state index is -1.29. The number of rotatable bonds is 4. The van der Waals surface area contributed by atoms with Gasteiger partial charge in [0, 0.05) is 22.7 Å². The molecule has 2 saturated heterocycles. The molecule has 0 radical (unpaired) electrons. The summed E-state index contributed by atoms with van der Waals surface area (Å²) < 4.78 is 0. The van der Waals surface area contributed by atoms with E-state index in [0.717, 1.165) is 27.6 Å². The molecule has 6 heteroatoms. The number of amides is 3. The van der Waals surface area contributed by atoms with Gasteiger partial charge in [-0.1, -0.05) is 91.9 Å². The van der Waals surface area contributed by atoms with Crippen molar-refractivity contribution in [3.63, 3.8) is 0 Å². The number of nitrogens with one attached hydrogen (secondary N) is 1. The maximum atomic E-state index is 14.5. The van der Waals surface area contributed by atoms with Crippen LogP contribution in [0, 0.1) is 11.8 Å². The fraction of sp³-hybridized carbons (Fsp3) is 0.219. The Bertz CT molecular complexity index is 1610. The van der Waals surface area contributed by atoms with Crippen LogP contribution in [0.2, 0.25) is 0 Å². The quantitative estimate of drug-likeness (QED) is 0.409. The summed E-state index contributed by atoms with van der Waals surface area (Å²) in [7, 11) is 0. The van der Waals surface area contributed by atoms with E-state index in [2.05, 4.69) is 5.32 Å². The van der Waals surface area contributed by atoms with Gasteiger partial charge in [0.15, 0.2) is 0 Å². The smallest absolute Gasteiger partial charge is 0.253 e. The second-order valence-corrected chi connectivity index (χ2v) is 10.4. The van der Waals surface area contributed by atoms with E-state index in [1.807, 2.05) is 104 Å². The van der Waals surface area contributed by atoms with E-state index in [9.17, 15) is 14.4 Å². The van der Waals surface area contributed by atoms with Crippen molar-refractivity contribution in [2.24, 2.45) is 11.8 Å². The Morgan fingerprint density at radius 3 is 2.26 bits per heavy atom. The lowest BCUT2D eigenvalue weighted by Crippen LogP contribution is -2.55. The number of carbonyl (C=O) groups is 3. The van der Waals surface area contributed by atoms with Crippen molar-refractivity contribution in [3.8, 4) is 0 Å². The van der Waals surface area contributed by atoms with Crippen molar-refractivity contribution in [2.45, 2.75) is 31.5 Å². The first kappa shape index (κ1) is 22.9. The summed E-state index contributed by atoms with van der Waals surface area (Å²) in [5.74, 6) is -2.17. The summed E-state index contributed by atoms with van der Waals surface area (Å²) >= 11 is 0. The predicted octanol–water partition coefficient (Wildman–Crippen LogP) is 4.77. The number of hydrogen-bond acceptors (Lipinski definition) is 4. The molecule has 7 rings (SSSR count). The molecular formula is C32H27N3O3. The minimum absolute atomic E-state index is 0.172. The highest BCUT2D eigenvalue weighted by atomic mass is 16.2. The maximum absolute atomic E-state index is 14.5. The lowest BCUT2D eigenvalue weighted by molar-refractivity contribution is -0.132. The van der Waals surface area contributed by atoms with E-state index in [0.29, 0.717) is 18.7 Å². The van der Waals surface area contributed by atoms with E-state index in [1.165, 1.54) is 4.90 Å². The number of anilines is 2. The Morgan fingerprint density at radius 2 is 1.45 bits per heavy atom. The standard InChI is InChI=1S/C32H27N3O3/c1-2-24-27-28(30(37)35(29(27)36)25-18-10-14-21-13-6-7-15-22(21)25)32(33-24)23-16-8-9-17-26(23)34(31(32)38)19-20-11-4-3-5-12-20/h3-18,24,27-28,33H,2,19H2,1H3/t24-,27+,28-,32-/m0/s1. The Hall–Kier alpha value is -4.29. The summed E-state index contributed by atoms with van der Waals surface area (Å²) in [5, 5.41) is 5.35. The normalized spacial score (nSPS) is 26.0. The fourth-order valence-corrected chi connectivity index (χ4v) is 6.86. The van der Waals surface area contributed by atoms with Gasteiger partial charge in [0.05, 0.1) is 24.1 Å². The first-order chi connectivity index (χ1) is 18.6. The summed E-state index contributed by atoms with van der Waals surface area (Å²) in [5.41, 5.74) is 1.85. The molecule has 4 aromatic carbocycles. The second-order valence-electron chi connectivity index (χ2n) is 10.4. The summed E-state index contributed by atoms with van der Waals surface area (Å²) in [6.45, 7) is 2.39. The molecule has 1 spiro atoms. The van der Waals surface area contributed by atoms with Crippen LogP contribution in [0.4, 0.5) is 11.4 Å². The van der Waals surface area contributed by atoms with Crippen molar-refractivity contribution in [1.82, 2.24) is 5.32 Å². The molecule has 3 amide bonds. The lowest BCUT2D eigenvalue weighted by Gasteiger charge is -2.30. The maximum Gasteiger partial charge on any atom is 0.253 e. The highest BCUT2D eigenvalue weighted by Gasteiger charge is 2.71. The van der Waals surface area contributed by atoms with Crippen LogP contribution in [0.3, 0.4) is 0 Å². The first-order valence-electron chi connectivity index (χ1n) is 13.1. The molecule has 188 valence electrons. The molecule has 1 N–H and O–H groups in total. The van der Waals surface area contributed by atoms with E-state index in [4.69, 9.17) is 0 Å². The molecule has 0 saturated carbocycles. The molecule has 3 heterocycles. The molecule has 2 fully saturated rings. The molecule has 0 aliphatic carbocycles. The molecule has 3 aliphatic rings. The van der Waals surface area contributed by atoms with Crippen molar-refractivity contribution < 1.29 is 14.4 Å². The van der Waals surface area contributed by atoms with Crippen LogP contribution >= 0.6 is 0 Å². The van der Waals surface area contributed by atoms with Gasteiger partial charge in [-0.3, -0.25) is 19.7 Å². The number of fused-ring (bicyclic) bond motifs is 5. The van der Waals surface area contributed by atoms with Gasteiger partial charge in [0.1, 0.15) is 5.54 Å². The molecule has 0 aromatic heterocycles. The third kappa shape index (κ3) is 2.95. The molecular weight excluding hydrogens is 474 g/mol. The zero-order valence-electron chi connectivity index (χ0n) is 21.0. The zero-order chi connectivity index (χ0) is 26.0. The van der Waals surface area contributed by atoms with E-state index >= 15 is 0 Å². The molecule has 6 nitrogen and oxygen atoms in total. The summed E-state index contributed by atoms with van der Waals surface area (Å²) in [6, 6.07) is 30.6. The second kappa shape index (κ2) is 8.36. The largest absolute Gasteiger partial charge is 0.306 e.